The molecule has 5 nitrogen and oxygen atoms in total. The van der Waals surface area contributed by atoms with E-state index in [0.717, 1.165) is 22.4 Å². The Bertz CT molecular complexity index is 793. The van der Waals surface area contributed by atoms with Crippen LogP contribution in [0.2, 0.25) is 0 Å². The number of nitrogens with one attached hydrogen (secondary N) is 1. The largest absolute Gasteiger partial charge is 0.348 e. The van der Waals surface area contributed by atoms with E-state index in [1.807, 2.05) is 48.9 Å². The number of hydrogen-bond donors (Lipinski definition) is 1. The van der Waals surface area contributed by atoms with Crippen molar-refractivity contribution in [1.82, 2.24) is 19.9 Å². The van der Waals surface area contributed by atoms with Crippen molar-refractivity contribution in [3.8, 4) is 0 Å². The zero-order valence-corrected chi connectivity index (χ0v) is 12.0. The van der Waals surface area contributed by atoms with Gasteiger partial charge in [0.2, 0.25) is 0 Å². The molecule has 5 heteroatoms. The highest BCUT2D eigenvalue weighted by Gasteiger charge is 2.09. The SMILES string of the molecule is Cc1nc2cc(C(=O)NCc3cccnc3)ccc2n1C. The van der Waals surface area contributed by atoms with Crippen molar-refractivity contribution in [2.45, 2.75) is 13.5 Å². The van der Waals surface area contributed by atoms with Crippen LogP contribution in [0.1, 0.15) is 21.7 Å². The van der Waals surface area contributed by atoms with Crippen molar-refractivity contribution in [1.29, 1.82) is 0 Å². The molecule has 106 valence electrons. The number of carbonyl (C=O) groups is 1. The van der Waals surface area contributed by atoms with Gasteiger partial charge in [0.1, 0.15) is 5.82 Å². The summed E-state index contributed by atoms with van der Waals surface area (Å²) in [5.41, 5.74) is 3.45. The standard InChI is InChI=1S/C16H16N4O/c1-11-19-14-8-13(5-6-15(14)20(11)2)16(21)18-10-12-4-3-7-17-9-12/h3-9H,10H2,1-2H3,(H,18,21). The molecule has 3 aromatic rings. The van der Waals surface area contributed by atoms with E-state index in [0.29, 0.717) is 12.1 Å². The van der Waals surface area contributed by atoms with E-state index >= 15 is 0 Å². The predicted molar refractivity (Wildman–Crippen MR) is 80.9 cm³/mol. The fourth-order valence-corrected chi connectivity index (χ4v) is 2.25. The Labute approximate surface area is 122 Å². The first-order valence-electron chi connectivity index (χ1n) is 6.75. The third kappa shape index (κ3) is 2.63. The second-order valence-electron chi connectivity index (χ2n) is 4.97. The summed E-state index contributed by atoms with van der Waals surface area (Å²) in [4.78, 5) is 20.7. The Morgan fingerprint density at radius 2 is 2.19 bits per heavy atom. The molecule has 0 radical (unpaired) electrons. The number of aromatic nitrogens is 3. The van der Waals surface area contributed by atoms with Gasteiger partial charge in [0, 0.05) is 31.5 Å². The van der Waals surface area contributed by atoms with E-state index in [1.54, 1.807) is 12.4 Å². The van der Waals surface area contributed by atoms with E-state index in [1.165, 1.54) is 0 Å². The molecule has 0 aliphatic heterocycles. The summed E-state index contributed by atoms with van der Waals surface area (Å²) in [5, 5.41) is 2.89. The summed E-state index contributed by atoms with van der Waals surface area (Å²) in [7, 11) is 1.97. The zero-order chi connectivity index (χ0) is 14.8. The third-order valence-corrected chi connectivity index (χ3v) is 3.54. The maximum Gasteiger partial charge on any atom is 0.251 e. The normalized spacial score (nSPS) is 10.8. The quantitative estimate of drug-likeness (QED) is 0.800. The van der Waals surface area contributed by atoms with Crippen LogP contribution in [0, 0.1) is 6.92 Å². The number of pyridine rings is 1. The minimum atomic E-state index is -0.107. The highest BCUT2D eigenvalue weighted by atomic mass is 16.1. The molecule has 0 bridgehead atoms. The van der Waals surface area contributed by atoms with Crippen LogP contribution in [-0.4, -0.2) is 20.4 Å². The number of nitrogens with zero attached hydrogens (tertiary/aromatic N) is 3. The van der Waals surface area contributed by atoms with Crippen LogP contribution >= 0.6 is 0 Å². The second-order valence-corrected chi connectivity index (χ2v) is 4.97. The summed E-state index contributed by atoms with van der Waals surface area (Å²) in [6.07, 6.45) is 3.45. The first kappa shape index (κ1) is 13.3. The molecule has 1 aromatic carbocycles. The van der Waals surface area contributed by atoms with Crippen molar-refractivity contribution in [2.24, 2.45) is 7.05 Å². The van der Waals surface area contributed by atoms with Gasteiger partial charge in [0.25, 0.3) is 5.91 Å². The number of hydrogen-bond acceptors (Lipinski definition) is 3. The number of fused-ring (bicyclic) bond motifs is 1. The molecule has 21 heavy (non-hydrogen) atoms. The van der Waals surface area contributed by atoms with Gasteiger partial charge in [-0.3, -0.25) is 9.78 Å². The summed E-state index contributed by atoms with van der Waals surface area (Å²) < 4.78 is 2.01. The molecule has 2 aromatic heterocycles. The molecule has 1 N–H and O–H groups in total. The zero-order valence-electron chi connectivity index (χ0n) is 12.0. The van der Waals surface area contributed by atoms with Crippen molar-refractivity contribution in [3.63, 3.8) is 0 Å². The van der Waals surface area contributed by atoms with Crippen LogP contribution in [0.4, 0.5) is 0 Å². The topological polar surface area (TPSA) is 59.8 Å². The Hall–Kier alpha value is -2.69. The van der Waals surface area contributed by atoms with E-state index in [4.69, 9.17) is 0 Å². The molecule has 0 unspecified atom stereocenters. The van der Waals surface area contributed by atoms with Gasteiger partial charge in [-0.05, 0) is 36.8 Å². The van der Waals surface area contributed by atoms with Gasteiger partial charge in [0.15, 0.2) is 0 Å². The fraction of sp³-hybridized carbons (Fsp3) is 0.188. The number of imidazole rings is 1. The average Bonchev–Trinajstić information content (AvgIpc) is 2.80. The van der Waals surface area contributed by atoms with Crippen molar-refractivity contribution in [3.05, 3.63) is 59.7 Å². The first-order chi connectivity index (χ1) is 10.1. The number of benzene rings is 1. The number of rotatable bonds is 3. The Morgan fingerprint density at radius 3 is 2.95 bits per heavy atom. The lowest BCUT2D eigenvalue weighted by atomic mass is 10.2. The van der Waals surface area contributed by atoms with Crippen LogP contribution in [0.5, 0.6) is 0 Å². The molecule has 0 saturated heterocycles. The Morgan fingerprint density at radius 1 is 1.33 bits per heavy atom. The molecule has 0 atom stereocenters. The lowest BCUT2D eigenvalue weighted by molar-refractivity contribution is 0.0951. The van der Waals surface area contributed by atoms with Gasteiger partial charge in [-0.25, -0.2) is 4.98 Å². The maximum atomic E-state index is 12.2. The average molecular weight is 280 g/mol. The van der Waals surface area contributed by atoms with Crippen molar-refractivity contribution in [2.75, 3.05) is 0 Å². The second kappa shape index (κ2) is 5.36. The van der Waals surface area contributed by atoms with E-state index in [-0.39, 0.29) is 5.91 Å². The van der Waals surface area contributed by atoms with Gasteiger partial charge in [-0.1, -0.05) is 6.07 Å². The van der Waals surface area contributed by atoms with Gasteiger partial charge < -0.3 is 9.88 Å². The fourth-order valence-electron chi connectivity index (χ4n) is 2.25. The monoisotopic (exact) mass is 280 g/mol. The summed E-state index contributed by atoms with van der Waals surface area (Å²) in [5.74, 6) is 0.821. The molecule has 0 fully saturated rings. The number of aryl methyl sites for hydroxylation is 2. The third-order valence-electron chi connectivity index (χ3n) is 3.54. The maximum absolute atomic E-state index is 12.2. The van der Waals surface area contributed by atoms with Gasteiger partial charge in [-0.15, -0.1) is 0 Å². The molecule has 0 aliphatic rings. The molecule has 0 spiro atoms. The molecule has 3 rings (SSSR count). The summed E-state index contributed by atoms with van der Waals surface area (Å²) in [6, 6.07) is 9.35. The summed E-state index contributed by atoms with van der Waals surface area (Å²) >= 11 is 0. The predicted octanol–water partition coefficient (Wildman–Crippen LogP) is 2.21. The smallest absolute Gasteiger partial charge is 0.251 e. The van der Waals surface area contributed by atoms with Crippen LogP contribution in [0.15, 0.2) is 42.7 Å². The Balaban J connectivity index is 1.78. The number of amides is 1. The molecule has 0 saturated carbocycles. The van der Waals surface area contributed by atoms with E-state index < -0.39 is 0 Å². The molecular weight excluding hydrogens is 264 g/mol. The Kier molecular flexibility index (Phi) is 3.39. The van der Waals surface area contributed by atoms with Crippen molar-refractivity contribution < 1.29 is 4.79 Å². The van der Waals surface area contributed by atoms with Crippen LogP contribution < -0.4 is 5.32 Å². The molecule has 1 amide bonds. The highest BCUT2D eigenvalue weighted by Crippen LogP contribution is 2.16. The minimum absolute atomic E-state index is 0.107. The van der Waals surface area contributed by atoms with Gasteiger partial charge in [0.05, 0.1) is 11.0 Å². The lowest BCUT2D eigenvalue weighted by Gasteiger charge is -2.05. The lowest BCUT2D eigenvalue weighted by Crippen LogP contribution is -2.22. The van der Waals surface area contributed by atoms with E-state index in [2.05, 4.69) is 15.3 Å². The molecule has 0 aliphatic carbocycles. The van der Waals surface area contributed by atoms with Gasteiger partial charge in [-0.2, -0.15) is 0 Å². The minimum Gasteiger partial charge on any atom is -0.348 e. The molecule has 2 heterocycles. The number of carbonyl (C=O) groups excluding carboxylic acids is 1. The van der Waals surface area contributed by atoms with Crippen molar-refractivity contribution >= 4 is 16.9 Å². The highest BCUT2D eigenvalue weighted by molar-refractivity contribution is 5.97. The van der Waals surface area contributed by atoms with Gasteiger partial charge >= 0.3 is 0 Å². The van der Waals surface area contributed by atoms with Crippen LogP contribution in [-0.2, 0) is 13.6 Å². The van der Waals surface area contributed by atoms with E-state index in [9.17, 15) is 4.79 Å². The summed E-state index contributed by atoms with van der Waals surface area (Å²) in [6.45, 7) is 2.41. The molecular formula is C16H16N4O. The van der Waals surface area contributed by atoms with Crippen LogP contribution in [0.25, 0.3) is 11.0 Å². The first-order valence-corrected chi connectivity index (χ1v) is 6.75. The van der Waals surface area contributed by atoms with Crippen LogP contribution in [0.3, 0.4) is 0 Å².